The Balaban J connectivity index is 1.99. The predicted molar refractivity (Wildman–Crippen MR) is 94.8 cm³/mol. The van der Waals surface area contributed by atoms with Crippen LogP contribution in [0.25, 0.3) is 0 Å². The molecule has 1 aliphatic heterocycles. The first-order valence-electron chi connectivity index (χ1n) is 8.03. The molecule has 0 unspecified atom stereocenters. The number of rotatable bonds is 5. The molecule has 0 aliphatic carbocycles. The molecule has 24 heavy (non-hydrogen) atoms. The highest BCUT2D eigenvalue weighted by atomic mass is 32.2. The minimum Gasteiger partial charge on any atom is -0.481 e. The van der Waals surface area contributed by atoms with Gasteiger partial charge in [-0.05, 0) is 39.9 Å². The molecule has 2 heterocycles. The number of methoxy groups -OCH3 is 1. The number of hydrogen-bond acceptors (Lipinski definition) is 7. The van der Waals surface area contributed by atoms with E-state index >= 15 is 0 Å². The van der Waals surface area contributed by atoms with Crippen molar-refractivity contribution in [2.45, 2.75) is 50.4 Å². The number of carbonyl (C=O) groups is 1. The molecule has 1 amide bonds. The minimum absolute atomic E-state index is 0.0959. The van der Waals surface area contributed by atoms with Gasteiger partial charge in [0, 0.05) is 19.2 Å². The van der Waals surface area contributed by atoms with E-state index < -0.39 is 5.60 Å². The number of carbonyl (C=O) groups excluding carboxylic acids is 1. The van der Waals surface area contributed by atoms with Crippen molar-refractivity contribution in [3.05, 3.63) is 6.07 Å². The number of anilines is 1. The summed E-state index contributed by atoms with van der Waals surface area (Å²) in [5.74, 6) is 1.22. The standard InChI is InChI=1S/C16H26N4O3S/c1-16(2,3)23-15(21)20-8-6-7-11(20)10-17-12-9-13(22-4)19-14(18-12)24-5/h9,11H,6-8,10H2,1-5H3,(H,17,18,19)/t11-/m0/s1. The van der Waals surface area contributed by atoms with Gasteiger partial charge in [0.1, 0.15) is 11.4 Å². The molecule has 1 fully saturated rings. The van der Waals surface area contributed by atoms with Crippen LogP contribution in [0.15, 0.2) is 11.2 Å². The van der Waals surface area contributed by atoms with Crippen LogP contribution in [0.2, 0.25) is 0 Å². The molecule has 1 aromatic rings. The monoisotopic (exact) mass is 354 g/mol. The van der Waals surface area contributed by atoms with Crippen molar-refractivity contribution in [1.82, 2.24) is 14.9 Å². The lowest BCUT2D eigenvalue weighted by molar-refractivity contribution is 0.0235. The van der Waals surface area contributed by atoms with Crippen molar-refractivity contribution >= 4 is 23.7 Å². The fourth-order valence-electron chi connectivity index (χ4n) is 2.52. The molecule has 0 bridgehead atoms. The lowest BCUT2D eigenvalue weighted by atomic mass is 10.2. The van der Waals surface area contributed by atoms with Crippen molar-refractivity contribution in [2.75, 3.05) is 31.8 Å². The van der Waals surface area contributed by atoms with Gasteiger partial charge in [0.05, 0.1) is 13.2 Å². The Hall–Kier alpha value is -1.70. The molecule has 0 aromatic carbocycles. The predicted octanol–water partition coefficient (Wildman–Crippen LogP) is 3.02. The van der Waals surface area contributed by atoms with Gasteiger partial charge in [0.25, 0.3) is 0 Å². The van der Waals surface area contributed by atoms with Gasteiger partial charge in [-0.15, -0.1) is 0 Å². The van der Waals surface area contributed by atoms with Crippen molar-refractivity contribution in [3.63, 3.8) is 0 Å². The quantitative estimate of drug-likeness (QED) is 0.643. The maximum atomic E-state index is 12.3. The number of nitrogens with one attached hydrogen (secondary N) is 1. The number of thioether (sulfide) groups is 1. The molecular weight excluding hydrogens is 328 g/mol. The van der Waals surface area contributed by atoms with Crippen LogP contribution in [0.4, 0.5) is 10.6 Å². The van der Waals surface area contributed by atoms with E-state index in [1.807, 2.05) is 27.0 Å². The average Bonchev–Trinajstić information content (AvgIpc) is 2.99. The number of likely N-dealkylation sites (tertiary alicyclic amines) is 1. The molecule has 2 rings (SSSR count). The second-order valence-corrected chi connectivity index (χ2v) is 7.41. The highest BCUT2D eigenvalue weighted by molar-refractivity contribution is 7.98. The Morgan fingerprint density at radius 1 is 1.46 bits per heavy atom. The minimum atomic E-state index is -0.481. The summed E-state index contributed by atoms with van der Waals surface area (Å²) in [5.41, 5.74) is -0.481. The van der Waals surface area contributed by atoms with Crippen molar-refractivity contribution in [1.29, 1.82) is 0 Å². The Bertz CT molecular complexity index is 555. The van der Waals surface area contributed by atoms with Crippen LogP contribution in [0, 0.1) is 0 Å². The third-order valence-electron chi connectivity index (χ3n) is 3.60. The summed E-state index contributed by atoms with van der Waals surface area (Å²) in [6.45, 7) is 6.99. The summed E-state index contributed by atoms with van der Waals surface area (Å²) in [7, 11) is 1.58. The van der Waals surface area contributed by atoms with Gasteiger partial charge in [-0.2, -0.15) is 4.98 Å². The number of amides is 1. The van der Waals surface area contributed by atoms with Gasteiger partial charge >= 0.3 is 6.09 Å². The van der Waals surface area contributed by atoms with Gasteiger partial charge in [-0.3, -0.25) is 0 Å². The zero-order valence-corrected chi connectivity index (χ0v) is 15.8. The zero-order valence-electron chi connectivity index (χ0n) is 15.0. The Morgan fingerprint density at radius 3 is 2.83 bits per heavy atom. The third-order valence-corrected chi connectivity index (χ3v) is 4.15. The van der Waals surface area contributed by atoms with Gasteiger partial charge in [0.15, 0.2) is 5.16 Å². The topological polar surface area (TPSA) is 76.6 Å². The molecule has 1 aliphatic rings. The SMILES string of the molecule is COc1cc(NC[C@@H]2CCCN2C(=O)OC(C)(C)C)nc(SC)n1. The summed E-state index contributed by atoms with van der Waals surface area (Å²) in [6.07, 6.45) is 3.59. The Morgan fingerprint density at radius 2 is 2.21 bits per heavy atom. The summed E-state index contributed by atoms with van der Waals surface area (Å²) >= 11 is 1.46. The number of ether oxygens (including phenoxy) is 2. The van der Waals surface area contributed by atoms with Crippen LogP contribution in [-0.2, 0) is 4.74 Å². The highest BCUT2D eigenvalue weighted by Crippen LogP contribution is 2.23. The molecule has 1 N–H and O–H groups in total. The summed E-state index contributed by atoms with van der Waals surface area (Å²) in [4.78, 5) is 22.8. The number of aromatic nitrogens is 2. The van der Waals surface area contributed by atoms with Gasteiger partial charge in [-0.1, -0.05) is 11.8 Å². The van der Waals surface area contributed by atoms with E-state index in [1.165, 1.54) is 11.8 Å². The maximum absolute atomic E-state index is 12.3. The Kier molecular flexibility index (Phi) is 6.15. The molecule has 0 saturated carbocycles. The second kappa shape index (κ2) is 7.92. The summed E-state index contributed by atoms with van der Waals surface area (Å²) < 4.78 is 10.7. The van der Waals surface area contributed by atoms with Crippen LogP contribution in [0.1, 0.15) is 33.6 Å². The largest absolute Gasteiger partial charge is 0.481 e. The lowest BCUT2D eigenvalue weighted by Crippen LogP contribution is -2.42. The zero-order chi connectivity index (χ0) is 17.7. The first kappa shape index (κ1) is 18.6. The first-order chi connectivity index (χ1) is 11.3. The number of nitrogens with zero attached hydrogens (tertiary/aromatic N) is 3. The summed E-state index contributed by atoms with van der Waals surface area (Å²) in [6, 6.07) is 1.85. The molecule has 7 nitrogen and oxygen atoms in total. The normalized spacial score (nSPS) is 17.7. The smallest absolute Gasteiger partial charge is 0.410 e. The molecule has 134 valence electrons. The van der Waals surface area contributed by atoms with Crippen LogP contribution in [-0.4, -0.2) is 59.1 Å². The van der Waals surface area contributed by atoms with Crippen LogP contribution < -0.4 is 10.1 Å². The third kappa shape index (κ3) is 5.15. The molecule has 1 atom stereocenters. The van der Waals surface area contributed by atoms with E-state index in [-0.39, 0.29) is 12.1 Å². The Labute approximate surface area is 147 Å². The van der Waals surface area contributed by atoms with Gasteiger partial charge in [0.2, 0.25) is 5.88 Å². The van der Waals surface area contributed by atoms with Crippen molar-refractivity contribution in [2.24, 2.45) is 0 Å². The van der Waals surface area contributed by atoms with Gasteiger partial charge < -0.3 is 19.7 Å². The molecule has 0 spiro atoms. The van der Waals surface area contributed by atoms with E-state index in [0.29, 0.717) is 23.4 Å². The van der Waals surface area contributed by atoms with E-state index in [4.69, 9.17) is 9.47 Å². The number of hydrogen-bond donors (Lipinski definition) is 1. The van der Waals surface area contributed by atoms with E-state index in [9.17, 15) is 4.79 Å². The lowest BCUT2D eigenvalue weighted by Gasteiger charge is -2.28. The molecule has 0 radical (unpaired) electrons. The maximum Gasteiger partial charge on any atom is 0.410 e. The molecular formula is C16H26N4O3S. The first-order valence-corrected chi connectivity index (χ1v) is 9.25. The van der Waals surface area contributed by atoms with E-state index in [1.54, 1.807) is 18.1 Å². The van der Waals surface area contributed by atoms with Crippen LogP contribution >= 0.6 is 11.8 Å². The fourth-order valence-corrected chi connectivity index (χ4v) is 2.89. The summed E-state index contributed by atoms with van der Waals surface area (Å²) in [5, 5.41) is 3.94. The second-order valence-electron chi connectivity index (χ2n) is 6.63. The van der Waals surface area contributed by atoms with Crippen LogP contribution in [0.3, 0.4) is 0 Å². The van der Waals surface area contributed by atoms with Crippen molar-refractivity contribution in [3.8, 4) is 5.88 Å². The highest BCUT2D eigenvalue weighted by Gasteiger charge is 2.32. The van der Waals surface area contributed by atoms with E-state index in [2.05, 4.69) is 15.3 Å². The molecule has 8 heteroatoms. The van der Waals surface area contributed by atoms with E-state index in [0.717, 1.165) is 19.4 Å². The van der Waals surface area contributed by atoms with Crippen LogP contribution in [0.5, 0.6) is 5.88 Å². The molecule has 1 aromatic heterocycles. The molecule has 1 saturated heterocycles. The van der Waals surface area contributed by atoms with Gasteiger partial charge in [-0.25, -0.2) is 9.78 Å². The fraction of sp³-hybridized carbons (Fsp3) is 0.688. The van der Waals surface area contributed by atoms with Crippen molar-refractivity contribution < 1.29 is 14.3 Å². The average molecular weight is 354 g/mol.